The van der Waals surface area contributed by atoms with Gasteiger partial charge in [0.15, 0.2) is 0 Å². The van der Waals surface area contributed by atoms with Crippen molar-refractivity contribution in [1.82, 2.24) is 14.5 Å². The minimum absolute atomic E-state index is 0.0220. The average molecular weight is 411 g/mol. The summed E-state index contributed by atoms with van der Waals surface area (Å²) in [4.78, 5) is 27.8. The number of nitrogens with zero attached hydrogens (tertiary/aromatic N) is 3. The van der Waals surface area contributed by atoms with E-state index in [9.17, 15) is 14.7 Å². The summed E-state index contributed by atoms with van der Waals surface area (Å²) in [6.07, 6.45) is 5.62. The Morgan fingerprint density at radius 3 is 2.83 bits per heavy atom. The van der Waals surface area contributed by atoms with Gasteiger partial charge in [0, 0.05) is 30.6 Å². The van der Waals surface area contributed by atoms with E-state index in [1.54, 1.807) is 16.8 Å². The lowest BCUT2D eigenvalue weighted by atomic mass is 9.82. The first kappa shape index (κ1) is 18.3. The van der Waals surface area contributed by atoms with Crippen LogP contribution in [0.4, 0.5) is 0 Å². The maximum Gasteiger partial charge on any atom is 0.345 e. The van der Waals surface area contributed by atoms with Crippen molar-refractivity contribution < 1.29 is 19.4 Å². The summed E-state index contributed by atoms with van der Waals surface area (Å²) in [6, 6.07) is 5.68. The standard InChI is InChI=1S/C21H21N3O4S/c1-13-2-3-16-14(11-22-24(16)12-13)19(25)23-7-5-21(6-8-23)15-10-18(20(26)27)29-17(15)4-9-28-21/h2-3,10-12H,4-9H2,1H3,(H,26,27). The van der Waals surface area contributed by atoms with Gasteiger partial charge in [-0.3, -0.25) is 4.79 Å². The number of rotatable bonds is 2. The molecular formula is C21H21N3O4S. The third-order valence-electron chi connectivity index (χ3n) is 5.97. The first-order valence-corrected chi connectivity index (χ1v) is 10.5. The number of likely N-dealkylation sites (tertiary alicyclic amines) is 1. The summed E-state index contributed by atoms with van der Waals surface area (Å²) in [6.45, 7) is 3.72. The molecule has 0 aliphatic carbocycles. The maximum absolute atomic E-state index is 13.1. The van der Waals surface area contributed by atoms with Gasteiger partial charge in [-0.05, 0) is 43.0 Å². The summed E-state index contributed by atoms with van der Waals surface area (Å²) in [7, 11) is 0. The summed E-state index contributed by atoms with van der Waals surface area (Å²) in [5.74, 6) is -0.915. The number of aromatic nitrogens is 2. The molecule has 3 aromatic heterocycles. The van der Waals surface area contributed by atoms with E-state index >= 15 is 0 Å². The molecule has 1 N–H and O–H groups in total. The molecule has 5 rings (SSSR count). The number of amides is 1. The van der Waals surface area contributed by atoms with Crippen LogP contribution in [0.5, 0.6) is 0 Å². The summed E-state index contributed by atoms with van der Waals surface area (Å²) in [5.41, 5.74) is 3.02. The molecule has 1 fully saturated rings. The first-order valence-electron chi connectivity index (χ1n) is 9.71. The fourth-order valence-electron chi connectivity index (χ4n) is 4.43. The molecule has 0 saturated carbocycles. The second-order valence-corrected chi connectivity index (χ2v) is 8.87. The van der Waals surface area contributed by atoms with E-state index in [1.807, 2.05) is 30.2 Å². The van der Waals surface area contributed by atoms with Crippen LogP contribution < -0.4 is 0 Å². The summed E-state index contributed by atoms with van der Waals surface area (Å²) in [5, 5.41) is 13.7. The number of ether oxygens (including phenoxy) is 1. The Bertz CT molecular complexity index is 1120. The number of carbonyl (C=O) groups excluding carboxylic acids is 1. The molecule has 29 heavy (non-hydrogen) atoms. The van der Waals surface area contributed by atoms with Crippen molar-refractivity contribution in [2.45, 2.75) is 31.8 Å². The Balaban J connectivity index is 1.38. The van der Waals surface area contributed by atoms with Gasteiger partial charge < -0.3 is 14.7 Å². The van der Waals surface area contributed by atoms with Crippen LogP contribution in [0, 0.1) is 6.92 Å². The van der Waals surface area contributed by atoms with Crippen LogP contribution in [0.3, 0.4) is 0 Å². The fourth-order valence-corrected chi connectivity index (χ4v) is 5.50. The Kier molecular flexibility index (Phi) is 4.22. The molecule has 5 heterocycles. The molecule has 1 spiro atoms. The number of pyridine rings is 1. The minimum Gasteiger partial charge on any atom is -0.477 e. The van der Waals surface area contributed by atoms with Crippen molar-refractivity contribution in [1.29, 1.82) is 0 Å². The monoisotopic (exact) mass is 411 g/mol. The highest BCUT2D eigenvalue weighted by Gasteiger charge is 2.43. The third-order valence-corrected chi connectivity index (χ3v) is 7.15. The van der Waals surface area contributed by atoms with Gasteiger partial charge in [0.05, 0.1) is 29.5 Å². The SMILES string of the molecule is Cc1ccc2c(C(=O)N3CCC4(CC3)OCCc3sc(C(=O)O)cc34)cnn2c1. The van der Waals surface area contributed by atoms with Crippen LogP contribution in [-0.2, 0) is 16.8 Å². The quantitative estimate of drug-likeness (QED) is 0.701. The van der Waals surface area contributed by atoms with Gasteiger partial charge in [-0.2, -0.15) is 5.10 Å². The zero-order valence-electron chi connectivity index (χ0n) is 16.1. The van der Waals surface area contributed by atoms with E-state index in [4.69, 9.17) is 4.74 Å². The molecule has 8 heteroatoms. The molecule has 150 valence electrons. The lowest BCUT2D eigenvalue weighted by Crippen LogP contribution is -2.48. The largest absolute Gasteiger partial charge is 0.477 e. The van der Waals surface area contributed by atoms with Crippen LogP contribution in [0.2, 0.25) is 0 Å². The zero-order chi connectivity index (χ0) is 20.2. The maximum atomic E-state index is 13.1. The minimum atomic E-state index is -0.893. The highest BCUT2D eigenvalue weighted by atomic mass is 32.1. The van der Waals surface area contributed by atoms with Crippen molar-refractivity contribution in [3.8, 4) is 0 Å². The number of hydrogen-bond donors (Lipinski definition) is 1. The topological polar surface area (TPSA) is 84.1 Å². The van der Waals surface area contributed by atoms with Gasteiger partial charge in [-0.25, -0.2) is 9.31 Å². The number of hydrogen-bond acceptors (Lipinski definition) is 5. The number of carbonyl (C=O) groups is 2. The first-order chi connectivity index (χ1) is 14.0. The van der Waals surface area contributed by atoms with Crippen LogP contribution in [0.25, 0.3) is 5.52 Å². The van der Waals surface area contributed by atoms with Crippen molar-refractivity contribution in [2.75, 3.05) is 19.7 Å². The van der Waals surface area contributed by atoms with Gasteiger partial charge >= 0.3 is 5.97 Å². The third kappa shape index (κ3) is 2.94. The lowest BCUT2D eigenvalue weighted by Gasteiger charge is -2.44. The lowest BCUT2D eigenvalue weighted by molar-refractivity contribution is -0.0926. The van der Waals surface area contributed by atoms with Gasteiger partial charge in [-0.15, -0.1) is 11.3 Å². The molecule has 2 aliphatic rings. The van der Waals surface area contributed by atoms with Gasteiger partial charge in [0.2, 0.25) is 0 Å². The number of aryl methyl sites for hydroxylation is 1. The molecule has 0 atom stereocenters. The smallest absolute Gasteiger partial charge is 0.345 e. The van der Waals surface area contributed by atoms with Crippen LogP contribution in [0.15, 0.2) is 30.6 Å². The van der Waals surface area contributed by atoms with Crippen molar-refractivity contribution >= 4 is 28.7 Å². The Hall–Kier alpha value is -2.71. The van der Waals surface area contributed by atoms with E-state index in [-0.39, 0.29) is 5.91 Å². The molecular weight excluding hydrogens is 390 g/mol. The summed E-state index contributed by atoms with van der Waals surface area (Å²) >= 11 is 1.35. The predicted molar refractivity (Wildman–Crippen MR) is 108 cm³/mol. The van der Waals surface area contributed by atoms with Crippen LogP contribution in [-0.4, -0.2) is 51.2 Å². The van der Waals surface area contributed by atoms with Gasteiger partial charge in [0.25, 0.3) is 5.91 Å². The molecule has 1 amide bonds. The normalized spacial score (nSPS) is 18.2. The molecule has 1 saturated heterocycles. The molecule has 7 nitrogen and oxygen atoms in total. The van der Waals surface area contributed by atoms with Crippen molar-refractivity contribution in [3.05, 3.63) is 57.0 Å². The van der Waals surface area contributed by atoms with Crippen molar-refractivity contribution in [2.24, 2.45) is 0 Å². The van der Waals surface area contributed by atoms with E-state index in [1.165, 1.54) is 11.3 Å². The van der Waals surface area contributed by atoms with Gasteiger partial charge in [-0.1, -0.05) is 6.07 Å². The molecule has 0 bridgehead atoms. The fraction of sp³-hybridized carbons (Fsp3) is 0.381. The number of thiophene rings is 1. The number of fused-ring (bicyclic) bond motifs is 3. The Labute approximate surface area is 171 Å². The van der Waals surface area contributed by atoms with E-state index < -0.39 is 11.6 Å². The zero-order valence-corrected chi connectivity index (χ0v) is 16.9. The average Bonchev–Trinajstić information content (AvgIpc) is 3.33. The number of aromatic carboxylic acids is 1. The van der Waals surface area contributed by atoms with E-state index in [0.717, 1.165) is 27.9 Å². The number of carboxylic acids is 1. The van der Waals surface area contributed by atoms with Gasteiger partial charge in [0.1, 0.15) is 4.88 Å². The summed E-state index contributed by atoms with van der Waals surface area (Å²) < 4.78 is 7.93. The number of carboxylic acid groups (broad SMARTS) is 1. The molecule has 0 aromatic carbocycles. The Morgan fingerprint density at radius 2 is 2.07 bits per heavy atom. The predicted octanol–water partition coefficient (Wildman–Crippen LogP) is 3.11. The molecule has 2 aliphatic heterocycles. The van der Waals surface area contributed by atoms with E-state index in [2.05, 4.69) is 5.10 Å². The Morgan fingerprint density at radius 1 is 1.28 bits per heavy atom. The molecule has 0 radical (unpaired) electrons. The van der Waals surface area contributed by atoms with Crippen molar-refractivity contribution in [3.63, 3.8) is 0 Å². The second-order valence-electron chi connectivity index (χ2n) is 7.73. The molecule has 0 unspecified atom stereocenters. The highest BCUT2D eigenvalue weighted by Crippen LogP contribution is 2.44. The van der Waals surface area contributed by atoms with E-state index in [0.29, 0.717) is 43.0 Å². The molecule has 3 aromatic rings. The van der Waals surface area contributed by atoms with Crippen LogP contribution >= 0.6 is 11.3 Å². The highest BCUT2D eigenvalue weighted by molar-refractivity contribution is 7.14. The number of piperidine rings is 1. The van der Waals surface area contributed by atoms with Crippen LogP contribution in [0.1, 0.15) is 48.9 Å². The second kappa shape index (κ2) is 6.67.